The van der Waals surface area contributed by atoms with E-state index >= 15 is 0 Å². The number of alkyl halides is 2. The molecule has 0 fully saturated rings. The minimum atomic E-state index is -4.92. The van der Waals surface area contributed by atoms with Gasteiger partial charge in [-0.2, -0.15) is 13.1 Å². The van der Waals surface area contributed by atoms with Gasteiger partial charge in [-0.05, 0) is 0 Å². The molecule has 0 spiro atoms. The molecule has 0 aromatic rings. The van der Waals surface area contributed by atoms with Crippen molar-refractivity contribution in [2.75, 3.05) is 13.1 Å². The molecule has 0 bridgehead atoms. The summed E-state index contributed by atoms with van der Waals surface area (Å²) in [6, 6.07) is 0. The second-order valence-electron chi connectivity index (χ2n) is 2.17. The fourth-order valence-corrected chi connectivity index (χ4v) is 1.37. The van der Waals surface area contributed by atoms with Crippen molar-refractivity contribution in [3.8, 4) is 12.3 Å². The first-order valence-corrected chi connectivity index (χ1v) is 4.75. The van der Waals surface area contributed by atoms with Crippen molar-refractivity contribution in [3.63, 3.8) is 0 Å². The van der Waals surface area contributed by atoms with Gasteiger partial charge < -0.3 is 5.11 Å². The highest BCUT2D eigenvalue weighted by molar-refractivity contribution is 7.89. The summed E-state index contributed by atoms with van der Waals surface area (Å²) < 4.78 is 45.5. The third-order valence-electron chi connectivity index (χ3n) is 1.16. The Bertz CT molecular complexity index is 345. The number of carboxylic acid groups (broad SMARTS) is 1. The first-order valence-electron chi connectivity index (χ1n) is 3.24. The molecule has 1 N–H and O–H groups in total. The highest BCUT2D eigenvalue weighted by Crippen LogP contribution is 2.10. The molecule has 0 atom stereocenters. The van der Waals surface area contributed by atoms with E-state index in [-0.39, 0.29) is 4.31 Å². The fraction of sp³-hybridized carbons (Fsp3) is 0.500. The van der Waals surface area contributed by atoms with E-state index in [2.05, 4.69) is 0 Å². The van der Waals surface area contributed by atoms with Gasteiger partial charge >= 0.3 is 11.7 Å². The van der Waals surface area contributed by atoms with Crippen LogP contribution in [0.2, 0.25) is 0 Å². The van der Waals surface area contributed by atoms with Crippen LogP contribution in [0.3, 0.4) is 0 Å². The lowest BCUT2D eigenvalue weighted by Gasteiger charge is -2.16. The van der Waals surface area contributed by atoms with Gasteiger partial charge in [0.2, 0.25) is 0 Å². The molecule has 0 aromatic heterocycles. The molecule has 0 aliphatic rings. The Morgan fingerprint density at radius 2 is 2.07 bits per heavy atom. The van der Waals surface area contributed by atoms with Crippen LogP contribution in [0.1, 0.15) is 0 Å². The molecule has 0 aliphatic heterocycles. The predicted molar refractivity (Wildman–Crippen MR) is 43.0 cm³/mol. The van der Waals surface area contributed by atoms with Gasteiger partial charge in [0.15, 0.2) is 0 Å². The average Bonchev–Trinajstić information content (AvgIpc) is 2.02. The zero-order valence-electron chi connectivity index (χ0n) is 6.85. The predicted octanol–water partition coefficient (Wildman–Crippen LogP) is -0.441. The Balaban J connectivity index is 4.84. The van der Waals surface area contributed by atoms with Gasteiger partial charge in [-0.1, -0.05) is 5.92 Å². The standard InChI is InChI=1S/C6H7F2NO4S/c1-2-3-9(4-5(10)11)14(12,13)6(7)8/h1,6H,3-4H2,(H,10,11). The van der Waals surface area contributed by atoms with Gasteiger partial charge in [0.25, 0.3) is 10.0 Å². The van der Waals surface area contributed by atoms with E-state index < -0.39 is 34.8 Å². The summed E-state index contributed by atoms with van der Waals surface area (Å²) in [6.07, 6.45) is 4.71. The SMILES string of the molecule is C#CCN(CC(=O)O)S(=O)(=O)C(F)F. The molecule has 0 unspecified atom stereocenters. The molecule has 0 heterocycles. The molecule has 0 aliphatic carbocycles. The fourth-order valence-electron chi connectivity index (χ4n) is 0.601. The zero-order valence-corrected chi connectivity index (χ0v) is 7.67. The summed E-state index contributed by atoms with van der Waals surface area (Å²) in [7, 11) is -4.92. The Kier molecular flexibility index (Phi) is 4.46. The summed E-state index contributed by atoms with van der Waals surface area (Å²) in [5.41, 5.74) is 0. The second-order valence-corrected chi connectivity index (χ2v) is 4.07. The minimum Gasteiger partial charge on any atom is -0.480 e. The monoisotopic (exact) mass is 227 g/mol. The number of aliphatic carboxylic acids is 1. The first kappa shape index (κ1) is 12.8. The van der Waals surface area contributed by atoms with E-state index in [1.165, 1.54) is 0 Å². The lowest BCUT2D eigenvalue weighted by Crippen LogP contribution is -2.39. The summed E-state index contributed by atoms with van der Waals surface area (Å²) in [5.74, 6) is -3.44. The lowest BCUT2D eigenvalue weighted by atomic mass is 10.6. The molecule has 0 saturated heterocycles. The molecule has 8 heteroatoms. The van der Waals surface area contributed by atoms with Crippen molar-refractivity contribution < 1.29 is 27.1 Å². The molecule has 14 heavy (non-hydrogen) atoms. The van der Waals surface area contributed by atoms with Crippen LogP contribution in [0.15, 0.2) is 0 Å². The summed E-state index contributed by atoms with van der Waals surface area (Å²) in [6.45, 7) is -1.77. The summed E-state index contributed by atoms with van der Waals surface area (Å²) >= 11 is 0. The topological polar surface area (TPSA) is 74.7 Å². The third kappa shape index (κ3) is 3.27. The number of sulfonamides is 1. The van der Waals surface area contributed by atoms with Gasteiger partial charge in [0.05, 0.1) is 6.54 Å². The Morgan fingerprint density at radius 3 is 2.36 bits per heavy atom. The molecule has 5 nitrogen and oxygen atoms in total. The van der Waals surface area contributed by atoms with E-state index in [1.54, 1.807) is 5.92 Å². The molecule has 80 valence electrons. The molecule has 0 radical (unpaired) electrons. The maximum absolute atomic E-state index is 11.9. The van der Waals surface area contributed by atoms with Crippen LogP contribution in [-0.2, 0) is 14.8 Å². The van der Waals surface area contributed by atoms with Crippen LogP contribution >= 0.6 is 0 Å². The molecule has 0 saturated carbocycles. The number of halogens is 2. The van der Waals surface area contributed by atoms with Crippen LogP contribution in [0.4, 0.5) is 8.78 Å². The number of hydrogen-bond acceptors (Lipinski definition) is 3. The van der Waals surface area contributed by atoms with E-state index in [9.17, 15) is 22.0 Å². The van der Waals surface area contributed by atoms with Gasteiger partial charge in [0, 0.05) is 0 Å². The van der Waals surface area contributed by atoms with Gasteiger partial charge in [-0.15, -0.1) is 6.42 Å². The van der Waals surface area contributed by atoms with Crippen molar-refractivity contribution in [2.24, 2.45) is 0 Å². The third-order valence-corrected chi connectivity index (χ3v) is 2.59. The second kappa shape index (κ2) is 4.88. The summed E-state index contributed by atoms with van der Waals surface area (Å²) in [4.78, 5) is 10.1. The number of rotatable bonds is 5. The molecule has 0 aromatic carbocycles. The zero-order chi connectivity index (χ0) is 11.4. The smallest absolute Gasteiger partial charge is 0.350 e. The number of carbonyl (C=O) groups is 1. The van der Waals surface area contributed by atoms with E-state index in [0.717, 1.165) is 0 Å². The highest BCUT2D eigenvalue weighted by Gasteiger charge is 2.32. The van der Waals surface area contributed by atoms with Crippen LogP contribution in [-0.4, -0.2) is 42.6 Å². The molecular weight excluding hydrogens is 220 g/mol. The van der Waals surface area contributed by atoms with Crippen LogP contribution in [0.5, 0.6) is 0 Å². The van der Waals surface area contributed by atoms with E-state index in [4.69, 9.17) is 11.5 Å². The molecule has 0 rings (SSSR count). The van der Waals surface area contributed by atoms with Crippen molar-refractivity contribution >= 4 is 16.0 Å². The normalized spacial score (nSPS) is 11.6. The Labute approximate surface area is 79.4 Å². The van der Waals surface area contributed by atoms with Gasteiger partial charge in [-0.25, -0.2) is 8.42 Å². The van der Waals surface area contributed by atoms with Crippen LogP contribution in [0.25, 0.3) is 0 Å². The highest BCUT2D eigenvalue weighted by atomic mass is 32.2. The quantitative estimate of drug-likeness (QED) is 0.646. The average molecular weight is 227 g/mol. The largest absolute Gasteiger partial charge is 0.480 e. The number of carboxylic acids is 1. The van der Waals surface area contributed by atoms with Crippen molar-refractivity contribution in [1.29, 1.82) is 0 Å². The Hall–Kier alpha value is -1.20. The number of nitrogens with zero attached hydrogens (tertiary/aromatic N) is 1. The minimum absolute atomic E-state index is 0.0278. The lowest BCUT2D eigenvalue weighted by molar-refractivity contribution is -0.137. The van der Waals surface area contributed by atoms with Crippen molar-refractivity contribution in [2.45, 2.75) is 5.76 Å². The first-order chi connectivity index (χ1) is 6.32. The van der Waals surface area contributed by atoms with Crippen LogP contribution in [0, 0.1) is 12.3 Å². The molecular formula is C6H7F2NO4S. The molecule has 0 amide bonds. The van der Waals surface area contributed by atoms with E-state index in [1.807, 2.05) is 0 Å². The van der Waals surface area contributed by atoms with Crippen LogP contribution < -0.4 is 0 Å². The van der Waals surface area contributed by atoms with E-state index in [0.29, 0.717) is 0 Å². The number of terminal acetylenes is 1. The van der Waals surface area contributed by atoms with Crippen molar-refractivity contribution in [1.82, 2.24) is 4.31 Å². The number of hydrogen-bond donors (Lipinski definition) is 1. The maximum atomic E-state index is 11.9. The van der Waals surface area contributed by atoms with Gasteiger partial charge in [-0.3, -0.25) is 4.79 Å². The Morgan fingerprint density at radius 1 is 1.57 bits per heavy atom. The van der Waals surface area contributed by atoms with Gasteiger partial charge in [0.1, 0.15) is 6.54 Å². The maximum Gasteiger partial charge on any atom is 0.350 e. The summed E-state index contributed by atoms with van der Waals surface area (Å²) in [5, 5.41) is 8.24. The van der Waals surface area contributed by atoms with Crippen molar-refractivity contribution in [3.05, 3.63) is 0 Å².